The highest BCUT2D eigenvalue weighted by molar-refractivity contribution is 9.10. The average Bonchev–Trinajstić information content (AvgIpc) is 2.77. The van der Waals surface area contributed by atoms with E-state index in [1.165, 1.54) is 22.2 Å². The lowest BCUT2D eigenvalue weighted by atomic mass is 10.2. The van der Waals surface area contributed by atoms with Crippen molar-refractivity contribution in [2.45, 2.75) is 20.8 Å². The summed E-state index contributed by atoms with van der Waals surface area (Å²) < 4.78 is 2.08. The molecule has 0 fully saturated rings. The molecular formula is C16H14BrN3O2S. The minimum atomic E-state index is -0.194. The second-order valence-electron chi connectivity index (χ2n) is 5.19. The Hall–Kier alpha value is -1.99. The van der Waals surface area contributed by atoms with Crippen LogP contribution in [0.2, 0.25) is 0 Å². The standard InChI is InChI=1S/C16H14BrN3O2S/c1-8-9(2)23-15-14(8)16(22)20(10(3)19-15)18-7-11-6-12(17)4-5-13(11)21/h4-7,21H,1-3H3/b18-7+. The molecule has 0 unspecified atom stereocenters. The molecular weight excluding hydrogens is 378 g/mol. The Balaban J connectivity index is 2.17. The Morgan fingerprint density at radius 3 is 2.83 bits per heavy atom. The molecule has 23 heavy (non-hydrogen) atoms. The molecule has 2 heterocycles. The van der Waals surface area contributed by atoms with E-state index in [1.54, 1.807) is 25.1 Å². The number of aryl methyl sites for hydroxylation is 3. The molecule has 0 saturated carbocycles. The monoisotopic (exact) mass is 391 g/mol. The van der Waals surface area contributed by atoms with Crippen LogP contribution in [-0.2, 0) is 0 Å². The van der Waals surface area contributed by atoms with E-state index >= 15 is 0 Å². The molecule has 0 aliphatic carbocycles. The number of aromatic nitrogens is 2. The number of hydrogen-bond donors (Lipinski definition) is 1. The number of benzene rings is 1. The van der Waals surface area contributed by atoms with E-state index in [0.29, 0.717) is 16.8 Å². The molecule has 0 radical (unpaired) electrons. The van der Waals surface area contributed by atoms with Gasteiger partial charge in [-0.15, -0.1) is 11.3 Å². The van der Waals surface area contributed by atoms with E-state index in [-0.39, 0.29) is 11.3 Å². The van der Waals surface area contributed by atoms with Crippen LogP contribution >= 0.6 is 27.3 Å². The first-order valence-corrected chi connectivity index (χ1v) is 8.51. The molecule has 0 amide bonds. The lowest BCUT2D eigenvalue weighted by molar-refractivity contribution is 0.474. The van der Waals surface area contributed by atoms with Gasteiger partial charge in [0.1, 0.15) is 16.4 Å². The molecule has 1 aromatic carbocycles. The van der Waals surface area contributed by atoms with Crippen LogP contribution < -0.4 is 5.56 Å². The molecule has 0 spiro atoms. The van der Waals surface area contributed by atoms with E-state index in [2.05, 4.69) is 26.0 Å². The first-order valence-electron chi connectivity index (χ1n) is 6.90. The molecule has 1 N–H and O–H groups in total. The number of nitrogens with zero attached hydrogens (tertiary/aromatic N) is 3. The zero-order valence-corrected chi connectivity index (χ0v) is 15.2. The van der Waals surface area contributed by atoms with Gasteiger partial charge < -0.3 is 5.11 Å². The van der Waals surface area contributed by atoms with Gasteiger partial charge in [0.15, 0.2) is 0 Å². The highest BCUT2D eigenvalue weighted by Gasteiger charge is 2.14. The number of halogens is 1. The molecule has 0 aliphatic rings. The van der Waals surface area contributed by atoms with Crippen molar-refractivity contribution < 1.29 is 5.11 Å². The summed E-state index contributed by atoms with van der Waals surface area (Å²) in [5.74, 6) is 0.605. The molecule has 7 heteroatoms. The van der Waals surface area contributed by atoms with Crippen molar-refractivity contribution >= 4 is 43.7 Å². The van der Waals surface area contributed by atoms with E-state index in [9.17, 15) is 9.90 Å². The SMILES string of the molecule is Cc1sc2nc(C)n(/N=C/c3cc(Br)ccc3O)c(=O)c2c1C. The van der Waals surface area contributed by atoms with Crippen LogP contribution in [0, 0.1) is 20.8 Å². The van der Waals surface area contributed by atoms with Gasteiger partial charge in [-0.05, 0) is 44.5 Å². The van der Waals surface area contributed by atoms with Gasteiger partial charge in [0, 0.05) is 14.9 Å². The van der Waals surface area contributed by atoms with Gasteiger partial charge in [-0.1, -0.05) is 15.9 Å². The maximum Gasteiger partial charge on any atom is 0.283 e. The molecule has 0 saturated heterocycles. The van der Waals surface area contributed by atoms with E-state index in [4.69, 9.17) is 0 Å². The van der Waals surface area contributed by atoms with Crippen LogP contribution in [0.25, 0.3) is 10.2 Å². The van der Waals surface area contributed by atoms with Crippen LogP contribution in [0.15, 0.2) is 32.6 Å². The predicted molar refractivity (Wildman–Crippen MR) is 96.9 cm³/mol. The molecule has 0 bridgehead atoms. The summed E-state index contributed by atoms with van der Waals surface area (Å²) >= 11 is 4.86. The topological polar surface area (TPSA) is 67.5 Å². The van der Waals surface area contributed by atoms with Crippen molar-refractivity contribution in [3.05, 3.63) is 54.9 Å². The Morgan fingerprint density at radius 1 is 1.35 bits per heavy atom. The predicted octanol–water partition coefficient (Wildman–Crippen LogP) is 3.73. The molecule has 0 atom stereocenters. The Kier molecular flexibility index (Phi) is 4.08. The fourth-order valence-electron chi connectivity index (χ4n) is 2.27. The largest absolute Gasteiger partial charge is 0.507 e. The third kappa shape index (κ3) is 2.82. The Labute approximate surface area is 145 Å². The zero-order valence-electron chi connectivity index (χ0n) is 12.8. The third-order valence-corrected chi connectivity index (χ3v) is 5.24. The van der Waals surface area contributed by atoms with Crippen molar-refractivity contribution in [3.63, 3.8) is 0 Å². The summed E-state index contributed by atoms with van der Waals surface area (Å²) in [7, 11) is 0. The highest BCUT2D eigenvalue weighted by atomic mass is 79.9. The second-order valence-corrected chi connectivity index (χ2v) is 7.31. The zero-order chi connectivity index (χ0) is 16.7. The molecule has 118 valence electrons. The summed E-state index contributed by atoms with van der Waals surface area (Å²) in [5, 5.41) is 14.7. The molecule has 0 aliphatic heterocycles. The average molecular weight is 392 g/mol. The van der Waals surface area contributed by atoms with E-state index < -0.39 is 0 Å². The fraction of sp³-hybridized carbons (Fsp3) is 0.188. The van der Waals surface area contributed by atoms with Gasteiger partial charge >= 0.3 is 0 Å². The molecule has 3 rings (SSSR count). The van der Waals surface area contributed by atoms with Crippen molar-refractivity contribution in [1.82, 2.24) is 9.66 Å². The van der Waals surface area contributed by atoms with Gasteiger partial charge in [-0.2, -0.15) is 9.78 Å². The minimum absolute atomic E-state index is 0.0965. The second kappa shape index (κ2) is 5.90. The number of fused-ring (bicyclic) bond motifs is 1. The highest BCUT2D eigenvalue weighted by Crippen LogP contribution is 2.26. The number of thiophene rings is 1. The molecule has 2 aromatic heterocycles. The van der Waals surface area contributed by atoms with Gasteiger partial charge in [-0.3, -0.25) is 4.79 Å². The number of phenols is 1. The molecule has 3 aromatic rings. The summed E-state index contributed by atoms with van der Waals surface area (Å²) in [6.07, 6.45) is 1.45. The smallest absolute Gasteiger partial charge is 0.283 e. The van der Waals surface area contributed by atoms with Crippen LogP contribution in [0.3, 0.4) is 0 Å². The van der Waals surface area contributed by atoms with Gasteiger partial charge in [0.05, 0.1) is 11.6 Å². The van der Waals surface area contributed by atoms with Crippen LogP contribution in [-0.4, -0.2) is 21.0 Å². The van der Waals surface area contributed by atoms with Crippen molar-refractivity contribution in [1.29, 1.82) is 0 Å². The summed E-state index contributed by atoms with van der Waals surface area (Å²) in [5.41, 5.74) is 1.26. The normalized spacial score (nSPS) is 11.7. The maximum absolute atomic E-state index is 12.7. The summed E-state index contributed by atoms with van der Waals surface area (Å²) in [4.78, 5) is 19.0. The van der Waals surface area contributed by atoms with Gasteiger partial charge in [0.2, 0.25) is 0 Å². The first-order chi connectivity index (χ1) is 10.9. The Morgan fingerprint density at radius 2 is 2.09 bits per heavy atom. The van der Waals surface area contributed by atoms with E-state index in [0.717, 1.165) is 19.7 Å². The van der Waals surface area contributed by atoms with Crippen LogP contribution in [0.1, 0.15) is 21.8 Å². The lowest BCUT2D eigenvalue weighted by Crippen LogP contribution is -2.20. The molecule has 5 nitrogen and oxygen atoms in total. The summed E-state index contributed by atoms with van der Waals surface area (Å²) in [6, 6.07) is 5.02. The quantitative estimate of drug-likeness (QED) is 0.676. The van der Waals surface area contributed by atoms with Crippen molar-refractivity contribution in [2.75, 3.05) is 0 Å². The third-order valence-electron chi connectivity index (χ3n) is 3.64. The van der Waals surface area contributed by atoms with E-state index in [1.807, 2.05) is 13.8 Å². The van der Waals surface area contributed by atoms with Gasteiger partial charge in [0.25, 0.3) is 5.56 Å². The first kappa shape index (κ1) is 15.9. The van der Waals surface area contributed by atoms with Crippen LogP contribution in [0.5, 0.6) is 5.75 Å². The van der Waals surface area contributed by atoms with Gasteiger partial charge in [-0.25, -0.2) is 4.98 Å². The number of hydrogen-bond acceptors (Lipinski definition) is 5. The van der Waals surface area contributed by atoms with Crippen molar-refractivity contribution in [3.8, 4) is 5.75 Å². The minimum Gasteiger partial charge on any atom is -0.507 e. The summed E-state index contributed by atoms with van der Waals surface area (Å²) in [6.45, 7) is 5.63. The number of rotatable bonds is 2. The van der Waals surface area contributed by atoms with Crippen LogP contribution in [0.4, 0.5) is 0 Å². The number of phenolic OH excluding ortho intramolecular Hbond substituents is 1. The fourth-order valence-corrected chi connectivity index (χ4v) is 3.72. The van der Waals surface area contributed by atoms with Crippen molar-refractivity contribution in [2.24, 2.45) is 5.10 Å². The Bertz CT molecular complexity index is 1000. The maximum atomic E-state index is 12.7. The lowest BCUT2D eigenvalue weighted by Gasteiger charge is -2.04. The number of aromatic hydroxyl groups is 1.